The lowest BCUT2D eigenvalue weighted by Crippen LogP contribution is -2.30. The Labute approximate surface area is 147 Å². The Balaban J connectivity index is 2.13. The number of hydrogen-bond acceptors (Lipinski definition) is 6. The minimum absolute atomic E-state index is 0.0501. The summed E-state index contributed by atoms with van der Waals surface area (Å²) in [7, 11) is 3.14. The van der Waals surface area contributed by atoms with Crippen LogP contribution in [-0.2, 0) is 4.79 Å². The van der Waals surface area contributed by atoms with Crippen molar-refractivity contribution in [2.45, 2.75) is 40.2 Å². The van der Waals surface area contributed by atoms with Crippen molar-refractivity contribution >= 4 is 5.91 Å². The van der Waals surface area contributed by atoms with E-state index in [9.17, 15) is 4.79 Å². The molecular weight excluding hydrogens is 322 g/mol. The fourth-order valence-corrected chi connectivity index (χ4v) is 2.34. The molecule has 1 aromatic carbocycles. The van der Waals surface area contributed by atoms with E-state index in [0.29, 0.717) is 29.6 Å². The van der Waals surface area contributed by atoms with Crippen molar-refractivity contribution in [2.24, 2.45) is 5.41 Å². The Morgan fingerprint density at radius 3 is 2.52 bits per heavy atom. The van der Waals surface area contributed by atoms with Crippen LogP contribution in [0.5, 0.6) is 11.5 Å². The molecular formula is C18H25N3O4. The van der Waals surface area contributed by atoms with Gasteiger partial charge in [-0.1, -0.05) is 25.9 Å². The SMILES string of the molecule is COc1ccc(-c2noc([C@@H](C)NC(=O)CC(C)(C)C)n2)cc1OC. The summed E-state index contributed by atoms with van der Waals surface area (Å²) >= 11 is 0. The first-order valence-corrected chi connectivity index (χ1v) is 8.09. The first-order valence-electron chi connectivity index (χ1n) is 8.09. The number of aromatic nitrogens is 2. The molecule has 1 aromatic heterocycles. The zero-order valence-corrected chi connectivity index (χ0v) is 15.5. The normalized spacial score (nSPS) is 12.6. The van der Waals surface area contributed by atoms with Crippen LogP contribution in [0.25, 0.3) is 11.4 Å². The molecule has 0 spiro atoms. The highest BCUT2D eigenvalue weighted by Gasteiger charge is 2.21. The summed E-state index contributed by atoms with van der Waals surface area (Å²) in [5, 5.41) is 6.86. The monoisotopic (exact) mass is 347 g/mol. The molecule has 136 valence electrons. The first-order chi connectivity index (χ1) is 11.7. The maximum atomic E-state index is 12.0. The molecule has 0 unspecified atom stereocenters. The minimum atomic E-state index is -0.365. The number of benzene rings is 1. The lowest BCUT2D eigenvalue weighted by molar-refractivity contribution is -0.123. The van der Waals surface area contributed by atoms with Crippen molar-refractivity contribution < 1.29 is 18.8 Å². The largest absolute Gasteiger partial charge is 0.493 e. The molecule has 2 rings (SSSR count). The van der Waals surface area contributed by atoms with Crippen LogP contribution in [0.3, 0.4) is 0 Å². The molecule has 2 aromatic rings. The van der Waals surface area contributed by atoms with Crippen molar-refractivity contribution in [1.82, 2.24) is 15.5 Å². The van der Waals surface area contributed by atoms with E-state index in [1.54, 1.807) is 26.4 Å². The third-order valence-corrected chi connectivity index (χ3v) is 3.52. The summed E-state index contributed by atoms with van der Waals surface area (Å²) in [4.78, 5) is 16.4. The van der Waals surface area contributed by atoms with Gasteiger partial charge in [0.2, 0.25) is 17.6 Å². The standard InChI is InChI=1S/C18H25N3O4/c1-11(19-15(22)10-18(2,3)4)17-20-16(21-25-17)12-7-8-13(23-5)14(9-12)24-6/h7-9,11H,10H2,1-6H3,(H,19,22)/t11-/m1/s1. The summed E-state index contributed by atoms with van der Waals surface area (Å²) in [6.07, 6.45) is 0.425. The molecule has 0 radical (unpaired) electrons. The molecule has 7 nitrogen and oxygen atoms in total. The maximum absolute atomic E-state index is 12.0. The van der Waals surface area contributed by atoms with Gasteiger partial charge < -0.3 is 19.3 Å². The lowest BCUT2D eigenvalue weighted by atomic mass is 9.92. The van der Waals surface area contributed by atoms with E-state index in [2.05, 4.69) is 15.5 Å². The molecule has 0 saturated carbocycles. The zero-order valence-electron chi connectivity index (χ0n) is 15.5. The third kappa shape index (κ3) is 4.95. The van der Waals surface area contributed by atoms with Gasteiger partial charge in [-0.2, -0.15) is 4.98 Å². The Hall–Kier alpha value is -2.57. The number of carbonyl (C=O) groups excluding carboxylic acids is 1. The van der Waals surface area contributed by atoms with Crippen LogP contribution in [0.2, 0.25) is 0 Å². The Morgan fingerprint density at radius 2 is 1.92 bits per heavy atom. The summed E-state index contributed by atoms with van der Waals surface area (Å²) in [6.45, 7) is 7.85. The average molecular weight is 347 g/mol. The molecule has 1 heterocycles. The van der Waals surface area contributed by atoms with Gasteiger partial charge >= 0.3 is 0 Å². The maximum Gasteiger partial charge on any atom is 0.249 e. The highest BCUT2D eigenvalue weighted by atomic mass is 16.5. The van der Waals surface area contributed by atoms with E-state index in [-0.39, 0.29) is 17.4 Å². The molecule has 7 heteroatoms. The van der Waals surface area contributed by atoms with Crippen LogP contribution < -0.4 is 14.8 Å². The third-order valence-electron chi connectivity index (χ3n) is 3.52. The predicted octanol–water partition coefficient (Wildman–Crippen LogP) is 3.37. The van der Waals surface area contributed by atoms with Gasteiger partial charge in [0, 0.05) is 12.0 Å². The highest BCUT2D eigenvalue weighted by Crippen LogP contribution is 2.31. The molecule has 0 fully saturated rings. The Bertz CT molecular complexity index is 734. The van der Waals surface area contributed by atoms with Crippen molar-refractivity contribution in [3.05, 3.63) is 24.1 Å². The van der Waals surface area contributed by atoms with Gasteiger partial charge in [0.1, 0.15) is 6.04 Å². The van der Waals surface area contributed by atoms with Crippen LogP contribution in [0.4, 0.5) is 0 Å². The zero-order chi connectivity index (χ0) is 18.6. The molecule has 1 atom stereocenters. The topological polar surface area (TPSA) is 86.5 Å². The van der Waals surface area contributed by atoms with E-state index in [1.165, 1.54) is 0 Å². The number of ether oxygens (including phenoxy) is 2. The number of nitrogens with one attached hydrogen (secondary N) is 1. The second-order valence-electron chi connectivity index (χ2n) is 7.05. The van der Waals surface area contributed by atoms with Crippen molar-refractivity contribution in [3.8, 4) is 22.9 Å². The summed E-state index contributed by atoms with van der Waals surface area (Å²) in [5.41, 5.74) is 0.657. The van der Waals surface area contributed by atoms with Gasteiger partial charge in [-0.3, -0.25) is 4.79 Å². The van der Waals surface area contributed by atoms with E-state index in [4.69, 9.17) is 14.0 Å². The van der Waals surface area contributed by atoms with Crippen molar-refractivity contribution in [3.63, 3.8) is 0 Å². The van der Waals surface area contributed by atoms with Crippen LogP contribution in [0.15, 0.2) is 22.7 Å². The van der Waals surface area contributed by atoms with Crippen LogP contribution in [0, 0.1) is 5.41 Å². The first kappa shape index (κ1) is 18.8. The molecule has 1 N–H and O–H groups in total. The van der Waals surface area contributed by atoms with Gasteiger partial charge in [-0.25, -0.2) is 0 Å². The fraction of sp³-hybridized carbons (Fsp3) is 0.500. The Kier molecular flexibility index (Phi) is 5.66. The number of hydrogen-bond donors (Lipinski definition) is 1. The summed E-state index contributed by atoms with van der Waals surface area (Å²) < 4.78 is 15.8. The molecule has 0 saturated heterocycles. The summed E-state index contributed by atoms with van der Waals surface area (Å²) in [6, 6.07) is 5.00. The molecule has 0 aliphatic heterocycles. The van der Waals surface area contributed by atoms with Crippen molar-refractivity contribution in [2.75, 3.05) is 14.2 Å². The van der Waals surface area contributed by atoms with Crippen LogP contribution >= 0.6 is 0 Å². The van der Waals surface area contributed by atoms with E-state index in [1.807, 2.05) is 33.8 Å². The predicted molar refractivity (Wildman–Crippen MR) is 93.5 cm³/mol. The van der Waals surface area contributed by atoms with E-state index < -0.39 is 0 Å². The van der Waals surface area contributed by atoms with Gasteiger partial charge in [0.15, 0.2) is 11.5 Å². The van der Waals surface area contributed by atoms with Crippen LogP contribution in [0.1, 0.15) is 46.0 Å². The van der Waals surface area contributed by atoms with Gasteiger partial charge in [0.25, 0.3) is 0 Å². The number of amides is 1. The molecule has 0 bridgehead atoms. The van der Waals surface area contributed by atoms with E-state index >= 15 is 0 Å². The second kappa shape index (κ2) is 7.55. The molecule has 0 aliphatic carbocycles. The van der Waals surface area contributed by atoms with Gasteiger partial charge in [-0.15, -0.1) is 0 Å². The molecule has 0 aliphatic rings. The lowest BCUT2D eigenvalue weighted by Gasteiger charge is -2.18. The fourth-order valence-electron chi connectivity index (χ4n) is 2.34. The second-order valence-corrected chi connectivity index (χ2v) is 7.05. The minimum Gasteiger partial charge on any atom is -0.493 e. The van der Waals surface area contributed by atoms with E-state index in [0.717, 1.165) is 5.56 Å². The van der Waals surface area contributed by atoms with Crippen molar-refractivity contribution in [1.29, 1.82) is 0 Å². The number of nitrogens with zero attached hydrogens (tertiary/aromatic N) is 2. The number of rotatable bonds is 6. The molecule has 1 amide bonds. The molecule has 25 heavy (non-hydrogen) atoms. The van der Waals surface area contributed by atoms with Gasteiger partial charge in [0.05, 0.1) is 14.2 Å². The Morgan fingerprint density at radius 1 is 1.24 bits per heavy atom. The highest BCUT2D eigenvalue weighted by molar-refractivity contribution is 5.76. The van der Waals surface area contributed by atoms with Crippen LogP contribution in [-0.4, -0.2) is 30.3 Å². The smallest absolute Gasteiger partial charge is 0.249 e. The van der Waals surface area contributed by atoms with Gasteiger partial charge in [-0.05, 0) is 30.5 Å². The number of carbonyl (C=O) groups is 1. The number of methoxy groups -OCH3 is 2. The summed E-state index contributed by atoms with van der Waals surface area (Å²) in [5.74, 6) is 1.93. The quantitative estimate of drug-likeness (QED) is 0.862. The average Bonchev–Trinajstić information content (AvgIpc) is 3.02.